The van der Waals surface area contributed by atoms with Crippen molar-refractivity contribution in [2.45, 2.75) is 26.9 Å². The van der Waals surface area contributed by atoms with Crippen LogP contribution in [-0.2, 0) is 17.8 Å². The summed E-state index contributed by atoms with van der Waals surface area (Å²) in [7, 11) is 0. The molecule has 1 aromatic rings. The van der Waals surface area contributed by atoms with E-state index in [4.69, 9.17) is 15.0 Å². The van der Waals surface area contributed by atoms with E-state index in [9.17, 15) is 0 Å². The van der Waals surface area contributed by atoms with Crippen molar-refractivity contribution in [1.29, 1.82) is 0 Å². The first kappa shape index (κ1) is 14.1. The van der Waals surface area contributed by atoms with Crippen LogP contribution in [0.5, 0.6) is 0 Å². The molecule has 0 aromatic carbocycles. The lowest BCUT2D eigenvalue weighted by Gasteiger charge is -2.16. The average molecular weight is 242 g/mol. The van der Waals surface area contributed by atoms with Gasteiger partial charge in [0.25, 0.3) is 5.89 Å². The topological polar surface area (TPSA) is 77.4 Å². The highest BCUT2D eigenvalue weighted by Crippen LogP contribution is 2.01. The molecule has 0 spiro atoms. The summed E-state index contributed by atoms with van der Waals surface area (Å²) >= 11 is 0. The standard InChI is InChI=1S/C11H22N4O2/c1-3-15(4-2)7-5-10-13-11(17-14-10)9-16-8-6-12/h3-9,12H2,1-2H3. The Morgan fingerprint density at radius 1 is 1.35 bits per heavy atom. The van der Waals surface area contributed by atoms with Crippen LogP contribution >= 0.6 is 0 Å². The third kappa shape index (κ3) is 5.25. The molecule has 0 aliphatic rings. The Kier molecular flexibility index (Phi) is 6.76. The minimum absolute atomic E-state index is 0.343. The van der Waals surface area contributed by atoms with Crippen molar-refractivity contribution in [3.8, 4) is 0 Å². The third-order valence-corrected chi connectivity index (χ3v) is 2.54. The van der Waals surface area contributed by atoms with Gasteiger partial charge in [-0.15, -0.1) is 0 Å². The number of hydrogen-bond acceptors (Lipinski definition) is 6. The Balaban J connectivity index is 2.30. The summed E-state index contributed by atoms with van der Waals surface area (Å²) < 4.78 is 10.3. The van der Waals surface area contributed by atoms with E-state index in [1.807, 2.05) is 0 Å². The van der Waals surface area contributed by atoms with Crippen LogP contribution in [0.25, 0.3) is 0 Å². The van der Waals surface area contributed by atoms with Gasteiger partial charge in [0.2, 0.25) is 0 Å². The highest BCUT2D eigenvalue weighted by Gasteiger charge is 2.07. The van der Waals surface area contributed by atoms with E-state index in [2.05, 4.69) is 28.9 Å². The fraction of sp³-hybridized carbons (Fsp3) is 0.818. The van der Waals surface area contributed by atoms with Crippen LogP contribution in [-0.4, -0.2) is 47.8 Å². The van der Waals surface area contributed by atoms with Gasteiger partial charge in [-0.3, -0.25) is 0 Å². The summed E-state index contributed by atoms with van der Waals surface area (Å²) in [5, 5.41) is 3.91. The Bertz CT molecular complexity index is 299. The molecule has 0 saturated carbocycles. The lowest BCUT2D eigenvalue weighted by molar-refractivity contribution is 0.104. The number of nitrogens with two attached hydrogens (primary N) is 1. The molecule has 0 fully saturated rings. The first-order valence-corrected chi connectivity index (χ1v) is 6.11. The highest BCUT2D eigenvalue weighted by molar-refractivity contribution is 4.86. The van der Waals surface area contributed by atoms with Gasteiger partial charge in [-0.2, -0.15) is 4.98 Å². The molecule has 6 nitrogen and oxygen atoms in total. The van der Waals surface area contributed by atoms with E-state index >= 15 is 0 Å². The average Bonchev–Trinajstić information content (AvgIpc) is 2.79. The van der Waals surface area contributed by atoms with Gasteiger partial charge >= 0.3 is 0 Å². The van der Waals surface area contributed by atoms with Crippen molar-refractivity contribution in [1.82, 2.24) is 15.0 Å². The van der Waals surface area contributed by atoms with Crippen LogP contribution in [0, 0.1) is 0 Å². The molecule has 0 atom stereocenters. The van der Waals surface area contributed by atoms with Crippen LogP contribution in [0.15, 0.2) is 4.52 Å². The van der Waals surface area contributed by atoms with E-state index in [1.165, 1.54) is 0 Å². The minimum Gasteiger partial charge on any atom is -0.370 e. The fourth-order valence-corrected chi connectivity index (χ4v) is 1.49. The molecule has 1 heterocycles. The first-order chi connectivity index (χ1) is 8.30. The van der Waals surface area contributed by atoms with E-state index in [1.54, 1.807) is 0 Å². The number of aromatic nitrogens is 2. The fourth-order valence-electron chi connectivity index (χ4n) is 1.49. The molecule has 0 saturated heterocycles. The quantitative estimate of drug-likeness (QED) is 0.633. The molecule has 2 N–H and O–H groups in total. The smallest absolute Gasteiger partial charge is 0.252 e. The number of ether oxygens (including phenoxy) is 1. The maximum absolute atomic E-state index is 5.31. The molecular formula is C11H22N4O2. The second kappa shape index (κ2) is 8.16. The summed E-state index contributed by atoms with van der Waals surface area (Å²) in [5.41, 5.74) is 5.31. The number of nitrogens with zero attached hydrogens (tertiary/aromatic N) is 3. The molecular weight excluding hydrogens is 220 g/mol. The van der Waals surface area contributed by atoms with Gasteiger partial charge < -0.3 is 19.9 Å². The maximum atomic E-state index is 5.31. The van der Waals surface area contributed by atoms with Gasteiger partial charge in [-0.1, -0.05) is 19.0 Å². The summed E-state index contributed by atoms with van der Waals surface area (Å²) in [6, 6.07) is 0. The maximum Gasteiger partial charge on any atom is 0.252 e. The van der Waals surface area contributed by atoms with Gasteiger partial charge in [-0.05, 0) is 13.1 Å². The molecule has 0 unspecified atom stereocenters. The van der Waals surface area contributed by atoms with Crippen molar-refractivity contribution < 1.29 is 9.26 Å². The zero-order valence-electron chi connectivity index (χ0n) is 10.7. The van der Waals surface area contributed by atoms with Crippen LogP contribution in [0.1, 0.15) is 25.6 Å². The number of hydrogen-bond donors (Lipinski definition) is 1. The molecule has 17 heavy (non-hydrogen) atoms. The largest absolute Gasteiger partial charge is 0.370 e. The van der Waals surface area contributed by atoms with Crippen molar-refractivity contribution in [2.75, 3.05) is 32.8 Å². The molecule has 0 aliphatic carbocycles. The van der Waals surface area contributed by atoms with Crippen molar-refractivity contribution in [3.05, 3.63) is 11.7 Å². The van der Waals surface area contributed by atoms with Crippen LogP contribution in [0.4, 0.5) is 0 Å². The highest BCUT2D eigenvalue weighted by atomic mass is 16.5. The van der Waals surface area contributed by atoms with E-state index in [-0.39, 0.29) is 0 Å². The molecule has 0 amide bonds. The molecule has 98 valence electrons. The van der Waals surface area contributed by atoms with Crippen molar-refractivity contribution >= 4 is 0 Å². The van der Waals surface area contributed by atoms with Gasteiger partial charge in [0, 0.05) is 19.5 Å². The predicted octanol–water partition coefficient (Wildman–Crippen LogP) is 0.429. The molecule has 6 heteroatoms. The lowest BCUT2D eigenvalue weighted by atomic mass is 10.3. The summed E-state index contributed by atoms with van der Waals surface area (Å²) in [6.45, 7) is 8.69. The Morgan fingerprint density at radius 2 is 2.12 bits per heavy atom. The lowest BCUT2D eigenvalue weighted by Crippen LogP contribution is -2.25. The number of likely N-dealkylation sites (N-methyl/N-ethyl adjacent to an activating group) is 1. The monoisotopic (exact) mass is 242 g/mol. The summed E-state index contributed by atoms with van der Waals surface area (Å²) in [4.78, 5) is 6.57. The Hall–Kier alpha value is -0.980. The third-order valence-electron chi connectivity index (χ3n) is 2.54. The zero-order valence-corrected chi connectivity index (χ0v) is 10.7. The van der Waals surface area contributed by atoms with Crippen LogP contribution in [0.2, 0.25) is 0 Å². The van der Waals surface area contributed by atoms with Gasteiger partial charge in [-0.25, -0.2) is 0 Å². The van der Waals surface area contributed by atoms with Crippen molar-refractivity contribution in [2.24, 2.45) is 5.73 Å². The Labute approximate surface area is 102 Å². The summed E-state index contributed by atoms with van der Waals surface area (Å²) in [5.74, 6) is 1.26. The van der Waals surface area contributed by atoms with Crippen LogP contribution in [0.3, 0.4) is 0 Å². The van der Waals surface area contributed by atoms with Gasteiger partial charge in [0.15, 0.2) is 5.82 Å². The molecule has 0 aliphatic heterocycles. The van der Waals surface area contributed by atoms with Crippen molar-refractivity contribution in [3.63, 3.8) is 0 Å². The molecule has 0 radical (unpaired) electrons. The van der Waals surface area contributed by atoms with E-state index < -0.39 is 0 Å². The SMILES string of the molecule is CCN(CC)CCc1noc(COCCN)n1. The normalized spacial score (nSPS) is 11.3. The second-order valence-corrected chi connectivity index (χ2v) is 3.72. The van der Waals surface area contributed by atoms with E-state index in [0.29, 0.717) is 25.6 Å². The first-order valence-electron chi connectivity index (χ1n) is 6.11. The second-order valence-electron chi connectivity index (χ2n) is 3.72. The predicted molar refractivity (Wildman–Crippen MR) is 64.5 cm³/mol. The minimum atomic E-state index is 0.343. The van der Waals surface area contributed by atoms with Gasteiger partial charge in [0.05, 0.1) is 6.61 Å². The molecule has 1 rings (SSSR count). The van der Waals surface area contributed by atoms with Crippen LogP contribution < -0.4 is 5.73 Å². The molecule has 1 aromatic heterocycles. The van der Waals surface area contributed by atoms with E-state index in [0.717, 1.165) is 31.9 Å². The summed E-state index contributed by atoms with van der Waals surface area (Å²) in [6.07, 6.45) is 0.808. The Morgan fingerprint density at radius 3 is 2.76 bits per heavy atom. The number of rotatable bonds is 9. The van der Waals surface area contributed by atoms with Gasteiger partial charge in [0.1, 0.15) is 6.61 Å². The molecule has 0 bridgehead atoms. The zero-order chi connectivity index (χ0) is 12.5.